The zero-order chi connectivity index (χ0) is 10.7. The minimum absolute atomic E-state index is 0.691. The van der Waals surface area contributed by atoms with Gasteiger partial charge in [0, 0.05) is 0 Å². The minimum Gasteiger partial charge on any atom is -0.282 e. The van der Waals surface area contributed by atoms with Crippen molar-refractivity contribution >= 4 is 26.7 Å². The molecule has 0 unspecified atom stereocenters. The highest BCUT2D eigenvalue weighted by molar-refractivity contribution is 7.22. The third kappa shape index (κ3) is 2.16. The Morgan fingerprint density at radius 3 is 3.00 bits per heavy atom. The molecule has 0 aliphatic rings. The lowest BCUT2D eigenvalue weighted by molar-refractivity contribution is 0.932. The van der Waals surface area contributed by atoms with Crippen molar-refractivity contribution < 1.29 is 0 Å². The normalized spacial score (nSPS) is 11.3. The number of thiazole rings is 1. The molecule has 0 fully saturated rings. The minimum atomic E-state index is 0.691. The molecule has 4 heteroatoms. The Kier molecular flexibility index (Phi) is 2.99. The second-order valence-corrected chi connectivity index (χ2v) is 4.19. The first-order valence-corrected chi connectivity index (χ1v) is 5.62. The van der Waals surface area contributed by atoms with Gasteiger partial charge in [0.25, 0.3) is 0 Å². The highest BCUT2D eigenvalue weighted by Gasteiger charge is 2.06. The number of allylic oxidation sites excluding steroid dienone is 1. The van der Waals surface area contributed by atoms with Gasteiger partial charge in [-0.05, 0) is 19.1 Å². The van der Waals surface area contributed by atoms with E-state index in [1.54, 1.807) is 16.3 Å². The molecule has 0 saturated heterocycles. The van der Waals surface area contributed by atoms with Crippen LogP contribution < -0.4 is 10.9 Å². The molecule has 15 heavy (non-hydrogen) atoms. The number of nitrogens with zero attached hydrogens (tertiary/aromatic N) is 2. The number of hydrazine groups is 1. The van der Waals surface area contributed by atoms with Crippen LogP contribution in [0.5, 0.6) is 0 Å². The third-order valence-corrected chi connectivity index (χ3v) is 3.14. The van der Waals surface area contributed by atoms with Gasteiger partial charge in [-0.1, -0.05) is 35.6 Å². The number of rotatable bonds is 3. The molecule has 0 spiro atoms. The molecule has 1 aromatic heterocycles. The Balaban J connectivity index is 2.28. The molecule has 2 aromatic rings. The molecule has 78 valence electrons. The van der Waals surface area contributed by atoms with Crippen LogP contribution in [0.1, 0.15) is 6.92 Å². The zero-order valence-corrected chi connectivity index (χ0v) is 9.37. The summed E-state index contributed by atoms with van der Waals surface area (Å²) in [6, 6.07) is 8.05. The number of benzene rings is 1. The largest absolute Gasteiger partial charge is 0.282 e. The molecule has 2 N–H and O–H groups in total. The van der Waals surface area contributed by atoms with Crippen LogP contribution in [-0.4, -0.2) is 11.5 Å². The number of hydrogen-bond donors (Lipinski definition) is 1. The van der Waals surface area contributed by atoms with Crippen molar-refractivity contribution in [2.24, 2.45) is 5.84 Å². The fourth-order valence-corrected chi connectivity index (χ4v) is 2.18. The van der Waals surface area contributed by atoms with E-state index in [1.165, 1.54) is 4.70 Å². The Morgan fingerprint density at radius 2 is 2.27 bits per heavy atom. The number of hydrogen-bond acceptors (Lipinski definition) is 4. The predicted molar refractivity (Wildman–Crippen MR) is 66.0 cm³/mol. The highest BCUT2D eigenvalue weighted by Crippen LogP contribution is 2.26. The lowest BCUT2D eigenvalue weighted by atomic mass is 10.3. The number of fused-ring (bicyclic) bond motifs is 1. The van der Waals surface area contributed by atoms with Crippen molar-refractivity contribution in [2.45, 2.75) is 6.92 Å². The molecule has 0 atom stereocenters. The maximum absolute atomic E-state index is 5.87. The first-order valence-electron chi connectivity index (χ1n) is 4.80. The summed E-state index contributed by atoms with van der Waals surface area (Å²) in [5.41, 5.74) is 1.01. The smallest absolute Gasteiger partial charge is 0.201 e. The lowest BCUT2D eigenvalue weighted by Gasteiger charge is -2.11. The monoisotopic (exact) mass is 219 g/mol. The van der Waals surface area contributed by atoms with Crippen LogP contribution in [0.3, 0.4) is 0 Å². The van der Waals surface area contributed by atoms with Gasteiger partial charge in [0.2, 0.25) is 5.13 Å². The molecule has 1 aromatic carbocycles. The summed E-state index contributed by atoms with van der Waals surface area (Å²) in [7, 11) is 0. The van der Waals surface area contributed by atoms with E-state index in [1.807, 2.05) is 37.3 Å². The average Bonchev–Trinajstić information content (AvgIpc) is 2.69. The highest BCUT2D eigenvalue weighted by atomic mass is 32.1. The fourth-order valence-electron chi connectivity index (χ4n) is 1.28. The lowest BCUT2D eigenvalue weighted by Crippen LogP contribution is -2.30. The van der Waals surface area contributed by atoms with Crippen molar-refractivity contribution in [3.63, 3.8) is 0 Å². The Morgan fingerprint density at radius 1 is 1.47 bits per heavy atom. The molecule has 0 radical (unpaired) electrons. The first-order chi connectivity index (χ1) is 7.31. The number of nitrogens with two attached hydrogens (primary N) is 1. The zero-order valence-electron chi connectivity index (χ0n) is 8.55. The summed E-state index contributed by atoms with van der Waals surface area (Å²) in [4.78, 5) is 4.45. The van der Waals surface area contributed by atoms with E-state index >= 15 is 0 Å². The summed E-state index contributed by atoms with van der Waals surface area (Å²) >= 11 is 1.61. The van der Waals surface area contributed by atoms with E-state index in [0.29, 0.717) is 6.54 Å². The Hall–Kier alpha value is -1.39. The van der Waals surface area contributed by atoms with Crippen LogP contribution in [0.4, 0.5) is 5.13 Å². The Bertz CT molecular complexity index is 442. The van der Waals surface area contributed by atoms with E-state index in [2.05, 4.69) is 11.1 Å². The molecule has 0 amide bonds. The topological polar surface area (TPSA) is 42.1 Å². The van der Waals surface area contributed by atoms with Gasteiger partial charge in [-0.3, -0.25) is 5.01 Å². The third-order valence-electron chi connectivity index (χ3n) is 2.07. The number of para-hydroxylation sites is 1. The maximum atomic E-state index is 5.87. The van der Waals surface area contributed by atoms with Gasteiger partial charge in [0.05, 0.1) is 16.8 Å². The molecule has 3 nitrogen and oxygen atoms in total. The van der Waals surface area contributed by atoms with E-state index in [0.717, 1.165) is 10.6 Å². The summed E-state index contributed by atoms with van der Waals surface area (Å²) in [5, 5.41) is 2.51. The van der Waals surface area contributed by atoms with Crippen LogP contribution in [0, 0.1) is 0 Å². The van der Waals surface area contributed by atoms with Crippen molar-refractivity contribution in [1.82, 2.24) is 4.98 Å². The second kappa shape index (κ2) is 4.42. The molecule has 1 heterocycles. The van der Waals surface area contributed by atoms with E-state index in [9.17, 15) is 0 Å². The van der Waals surface area contributed by atoms with Gasteiger partial charge in [-0.2, -0.15) is 0 Å². The predicted octanol–water partition coefficient (Wildman–Crippen LogP) is 2.55. The fraction of sp³-hybridized carbons (Fsp3) is 0.182. The van der Waals surface area contributed by atoms with Crippen LogP contribution >= 0.6 is 11.3 Å². The first kappa shape index (κ1) is 10.1. The maximum Gasteiger partial charge on any atom is 0.201 e. The van der Waals surface area contributed by atoms with Gasteiger partial charge in [-0.15, -0.1) is 0 Å². The quantitative estimate of drug-likeness (QED) is 0.490. The Labute approximate surface area is 92.8 Å². The van der Waals surface area contributed by atoms with Gasteiger partial charge in [-0.25, -0.2) is 10.8 Å². The SMILES string of the molecule is C/C=C/CN(N)c1nc2ccccc2s1. The molecule has 0 saturated carbocycles. The van der Waals surface area contributed by atoms with Crippen LogP contribution in [-0.2, 0) is 0 Å². The molecular formula is C11H13N3S. The van der Waals surface area contributed by atoms with Gasteiger partial charge >= 0.3 is 0 Å². The van der Waals surface area contributed by atoms with Crippen molar-refractivity contribution in [1.29, 1.82) is 0 Å². The molecule has 0 bridgehead atoms. The summed E-state index contributed by atoms with van der Waals surface area (Å²) in [6.07, 6.45) is 3.99. The van der Waals surface area contributed by atoms with E-state index in [4.69, 9.17) is 5.84 Å². The standard InChI is InChI=1S/C11H13N3S/c1-2-3-8-14(12)11-13-9-6-4-5-7-10(9)15-11/h2-7H,8,12H2,1H3/b3-2+. The van der Waals surface area contributed by atoms with Crippen molar-refractivity contribution in [2.75, 3.05) is 11.6 Å². The summed E-state index contributed by atoms with van der Waals surface area (Å²) in [6.45, 7) is 2.67. The van der Waals surface area contributed by atoms with Gasteiger partial charge in [0.15, 0.2) is 0 Å². The average molecular weight is 219 g/mol. The molecule has 2 rings (SSSR count). The van der Waals surface area contributed by atoms with Gasteiger partial charge < -0.3 is 0 Å². The van der Waals surface area contributed by atoms with Crippen LogP contribution in [0.2, 0.25) is 0 Å². The summed E-state index contributed by atoms with van der Waals surface area (Å²) in [5.74, 6) is 5.87. The number of aromatic nitrogens is 1. The van der Waals surface area contributed by atoms with Crippen LogP contribution in [0.25, 0.3) is 10.2 Å². The second-order valence-electron chi connectivity index (χ2n) is 3.19. The van der Waals surface area contributed by atoms with E-state index < -0.39 is 0 Å². The van der Waals surface area contributed by atoms with Crippen LogP contribution in [0.15, 0.2) is 36.4 Å². The summed E-state index contributed by atoms with van der Waals surface area (Å²) < 4.78 is 1.17. The molecule has 0 aliphatic heterocycles. The van der Waals surface area contributed by atoms with E-state index in [-0.39, 0.29) is 0 Å². The van der Waals surface area contributed by atoms with Crippen molar-refractivity contribution in [3.8, 4) is 0 Å². The van der Waals surface area contributed by atoms with Gasteiger partial charge in [0.1, 0.15) is 0 Å². The molecule has 0 aliphatic carbocycles. The molecular weight excluding hydrogens is 206 g/mol. The number of anilines is 1. The van der Waals surface area contributed by atoms with Crippen molar-refractivity contribution in [3.05, 3.63) is 36.4 Å².